The summed E-state index contributed by atoms with van der Waals surface area (Å²) in [5.74, 6) is 0.801. The molecule has 5 rings (SSSR count). The monoisotopic (exact) mass is 418 g/mol. The number of carbonyl (C=O) groups excluding carboxylic acids is 2. The fourth-order valence-electron chi connectivity index (χ4n) is 3.94. The van der Waals surface area contributed by atoms with E-state index in [1.54, 1.807) is 29.2 Å². The predicted molar refractivity (Wildman–Crippen MR) is 115 cm³/mol. The molecule has 0 atom stereocenters. The lowest BCUT2D eigenvalue weighted by Crippen LogP contribution is -2.42. The lowest BCUT2D eigenvalue weighted by atomic mass is 10.1. The molecule has 0 bridgehead atoms. The number of ketones is 1. The molecule has 7 heteroatoms. The summed E-state index contributed by atoms with van der Waals surface area (Å²) in [5.41, 5.74) is 2.49. The van der Waals surface area contributed by atoms with E-state index in [1.165, 1.54) is 0 Å². The van der Waals surface area contributed by atoms with Crippen LogP contribution in [0.5, 0.6) is 11.5 Å². The van der Waals surface area contributed by atoms with Gasteiger partial charge in [-0.05, 0) is 31.2 Å². The van der Waals surface area contributed by atoms with Crippen LogP contribution in [0.3, 0.4) is 0 Å². The molecule has 2 aliphatic rings. The van der Waals surface area contributed by atoms with Crippen molar-refractivity contribution >= 4 is 28.9 Å². The van der Waals surface area contributed by atoms with Crippen LogP contribution in [0, 0.1) is 0 Å². The van der Waals surface area contributed by atoms with Gasteiger partial charge in [-0.25, -0.2) is 4.79 Å². The molecule has 31 heavy (non-hydrogen) atoms. The van der Waals surface area contributed by atoms with Crippen molar-refractivity contribution < 1.29 is 23.8 Å². The summed E-state index contributed by atoms with van der Waals surface area (Å²) < 4.78 is 18.7. The standard InChI is InChI=1S/C24H22N2O5/c1-2-25-15-16(18-5-3-4-6-20(18)25)13-22-23(27)19-8-7-17(14-21(19)31-22)30-24(28)26-9-11-29-12-10-26/h3-8,13-15H,2,9-12H2,1H3/b22-13+. The van der Waals surface area contributed by atoms with Gasteiger partial charge in [-0.2, -0.15) is 0 Å². The Morgan fingerprint density at radius 2 is 1.97 bits per heavy atom. The molecule has 0 radical (unpaired) electrons. The largest absolute Gasteiger partial charge is 0.452 e. The summed E-state index contributed by atoms with van der Waals surface area (Å²) in [7, 11) is 0. The SMILES string of the molecule is CCn1cc(/C=C2/Oc3cc(OC(=O)N4CCOCC4)ccc3C2=O)c2ccccc21. The van der Waals surface area contributed by atoms with Crippen molar-refractivity contribution in [2.75, 3.05) is 26.3 Å². The van der Waals surface area contributed by atoms with E-state index < -0.39 is 6.09 Å². The maximum atomic E-state index is 12.9. The first-order valence-electron chi connectivity index (χ1n) is 10.3. The summed E-state index contributed by atoms with van der Waals surface area (Å²) in [5, 5.41) is 1.06. The summed E-state index contributed by atoms with van der Waals surface area (Å²) in [4.78, 5) is 26.8. The molecule has 1 saturated heterocycles. The smallest absolute Gasteiger partial charge is 0.415 e. The number of nitrogens with zero attached hydrogens (tertiary/aromatic N) is 2. The number of Topliss-reactive ketones (excluding diaryl/α,β-unsaturated/α-hetero) is 1. The highest BCUT2D eigenvalue weighted by Gasteiger charge is 2.29. The zero-order valence-corrected chi connectivity index (χ0v) is 17.2. The number of para-hydroxylation sites is 1. The molecule has 3 aromatic rings. The van der Waals surface area contributed by atoms with Crippen molar-refractivity contribution in [1.82, 2.24) is 9.47 Å². The zero-order valence-electron chi connectivity index (χ0n) is 17.2. The molecule has 1 aromatic heterocycles. The van der Waals surface area contributed by atoms with E-state index in [4.69, 9.17) is 14.2 Å². The topological polar surface area (TPSA) is 70.0 Å². The number of benzene rings is 2. The molecule has 1 amide bonds. The van der Waals surface area contributed by atoms with Crippen LogP contribution in [0.4, 0.5) is 4.79 Å². The van der Waals surface area contributed by atoms with E-state index in [1.807, 2.05) is 24.4 Å². The number of ether oxygens (including phenoxy) is 3. The summed E-state index contributed by atoms with van der Waals surface area (Å²) in [6.45, 7) is 4.90. The Bertz CT molecular complexity index is 1200. The van der Waals surface area contributed by atoms with Crippen molar-refractivity contribution in [2.24, 2.45) is 0 Å². The van der Waals surface area contributed by atoms with Gasteiger partial charge in [0.25, 0.3) is 0 Å². The zero-order chi connectivity index (χ0) is 21.4. The molecular weight excluding hydrogens is 396 g/mol. The minimum atomic E-state index is -0.435. The number of hydrogen-bond acceptors (Lipinski definition) is 5. The number of hydrogen-bond donors (Lipinski definition) is 0. The fraction of sp³-hybridized carbons (Fsp3) is 0.250. The molecule has 0 unspecified atom stereocenters. The van der Waals surface area contributed by atoms with E-state index in [9.17, 15) is 9.59 Å². The Labute approximate surface area is 179 Å². The second-order valence-electron chi connectivity index (χ2n) is 7.45. The molecule has 3 heterocycles. The number of aryl methyl sites for hydroxylation is 1. The Kier molecular flexibility index (Phi) is 4.95. The highest BCUT2D eigenvalue weighted by molar-refractivity contribution is 6.15. The molecule has 0 N–H and O–H groups in total. The highest BCUT2D eigenvalue weighted by atomic mass is 16.6. The average molecular weight is 418 g/mol. The molecular formula is C24H22N2O5. The van der Waals surface area contributed by atoms with Gasteiger partial charge in [0.1, 0.15) is 11.5 Å². The van der Waals surface area contributed by atoms with E-state index in [0.29, 0.717) is 43.4 Å². The van der Waals surface area contributed by atoms with E-state index in [-0.39, 0.29) is 11.5 Å². The third kappa shape index (κ3) is 3.57. The second-order valence-corrected chi connectivity index (χ2v) is 7.45. The van der Waals surface area contributed by atoms with Crippen molar-refractivity contribution in [1.29, 1.82) is 0 Å². The molecule has 158 valence electrons. The normalized spacial score (nSPS) is 17.1. The summed E-state index contributed by atoms with van der Waals surface area (Å²) in [6, 6.07) is 12.9. The first kappa shape index (κ1) is 19.4. The molecule has 0 spiro atoms. The third-order valence-electron chi connectivity index (χ3n) is 5.56. The van der Waals surface area contributed by atoms with Crippen molar-refractivity contribution in [3.8, 4) is 11.5 Å². The molecule has 0 saturated carbocycles. The van der Waals surface area contributed by atoms with Crippen LogP contribution in [-0.2, 0) is 11.3 Å². The number of morpholine rings is 1. The number of carbonyl (C=O) groups is 2. The average Bonchev–Trinajstić information content (AvgIpc) is 3.31. The first-order chi connectivity index (χ1) is 15.1. The maximum Gasteiger partial charge on any atom is 0.415 e. The summed E-state index contributed by atoms with van der Waals surface area (Å²) in [6.07, 6.45) is 3.36. The van der Waals surface area contributed by atoms with Gasteiger partial charge in [-0.3, -0.25) is 4.79 Å². The highest BCUT2D eigenvalue weighted by Crippen LogP contribution is 2.36. The lowest BCUT2D eigenvalue weighted by Gasteiger charge is -2.25. The van der Waals surface area contributed by atoms with Crippen LogP contribution < -0.4 is 9.47 Å². The van der Waals surface area contributed by atoms with Gasteiger partial charge in [0, 0.05) is 48.4 Å². The molecule has 7 nitrogen and oxygen atoms in total. The van der Waals surface area contributed by atoms with Gasteiger partial charge < -0.3 is 23.7 Å². The van der Waals surface area contributed by atoms with Crippen LogP contribution >= 0.6 is 0 Å². The number of aromatic nitrogens is 1. The molecule has 2 aromatic carbocycles. The Balaban J connectivity index is 1.39. The van der Waals surface area contributed by atoms with Gasteiger partial charge in [-0.1, -0.05) is 18.2 Å². The molecule has 0 aliphatic carbocycles. The number of amides is 1. The molecule has 2 aliphatic heterocycles. The predicted octanol–water partition coefficient (Wildman–Crippen LogP) is 4.11. The van der Waals surface area contributed by atoms with Gasteiger partial charge in [0.15, 0.2) is 5.76 Å². The number of allylic oxidation sites excluding steroid dienone is 1. The fourth-order valence-corrected chi connectivity index (χ4v) is 3.94. The maximum absolute atomic E-state index is 12.9. The second kappa shape index (κ2) is 7.92. The van der Waals surface area contributed by atoms with Crippen LogP contribution in [0.25, 0.3) is 17.0 Å². The van der Waals surface area contributed by atoms with Crippen LogP contribution in [0.1, 0.15) is 22.8 Å². The number of fused-ring (bicyclic) bond motifs is 2. The Hall–Kier alpha value is -3.58. The van der Waals surface area contributed by atoms with Crippen LogP contribution in [0.2, 0.25) is 0 Å². The summed E-state index contributed by atoms with van der Waals surface area (Å²) >= 11 is 0. The quantitative estimate of drug-likeness (QED) is 0.599. The van der Waals surface area contributed by atoms with Gasteiger partial charge in [-0.15, -0.1) is 0 Å². The number of rotatable bonds is 3. The molecule has 1 fully saturated rings. The van der Waals surface area contributed by atoms with Crippen LogP contribution in [-0.4, -0.2) is 47.6 Å². The minimum absolute atomic E-state index is 0.186. The first-order valence-corrected chi connectivity index (χ1v) is 10.3. The van der Waals surface area contributed by atoms with Crippen LogP contribution in [0.15, 0.2) is 54.4 Å². The van der Waals surface area contributed by atoms with Gasteiger partial charge in [0.2, 0.25) is 5.78 Å². The third-order valence-corrected chi connectivity index (χ3v) is 5.56. The minimum Gasteiger partial charge on any atom is -0.452 e. The van der Waals surface area contributed by atoms with Gasteiger partial charge in [0.05, 0.1) is 18.8 Å². The lowest BCUT2D eigenvalue weighted by molar-refractivity contribution is 0.0416. The van der Waals surface area contributed by atoms with Gasteiger partial charge >= 0.3 is 6.09 Å². The van der Waals surface area contributed by atoms with Crippen molar-refractivity contribution in [2.45, 2.75) is 13.5 Å². The van der Waals surface area contributed by atoms with E-state index in [2.05, 4.69) is 17.6 Å². The van der Waals surface area contributed by atoms with Crippen molar-refractivity contribution in [3.63, 3.8) is 0 Å². The van der Waals surface area contributed by atoms with E-state index in [0.717, 1.165) is 23.0 Å². The van der Waals surface area contributed by atoms with Crippen molar-refractivity contribution in [3.05, 3.63) is 65.5 Å². The Morgan fingerprint density at radius 1 is 1.16 bits per heavy atom. The Morgan fingerprint density at radius 3 is 2.77 bits per heavy atom. The van der Waals surface area contributed by atoms with E-state index >= 15 is 0 Å².